The summed E-state index contributed by atoms with van der Waals surface area (Å²) >= 11 is 1.58. The molecule has 14 heteroatoms. The fourth-order valence-corrected chi connectivity index (χ4v) is 9.38. The second-order valence-electron chi connectivity index (χ2n) is 17.1. The standard InChI is InChI=1S/C63H39N5O8S/c1-38-6-26-49(27-7-38)68-56-28-16-43(30-50(45-18-8-39(9-19-45)32-52(64-2)60(69)70)46-20-10-40(11-21-46)33-53(65-3)61(71)72)36-58(56)77-59-37-44(17-29-57(59)68)31-51(47-22-12-41(13-23-47)34-54(66-4)62(73)74)48-24-14-42(15-25-48)35-55(67-5)63(75)76/h6-37H,1H3,(H,69,70)(H,71,72)(H,73,74)(H,75,76)/b52-32-,53-33-,54-34-,55-35-. The number of anilines is 3. The molecule has 7 aromatic rings. The van der Waals surface area contributed by atoms with Crippen LogP contribution in [0.4, 0.5) is 17.1 Å². The van der Waals surface area contributed by atoms with Gasteiger partial charge in [-0.15, -0.1) is 0 Å². The van der Waals surface area contributed by atoms with Crippen LogP contribution in [0.3, 0.4) is 0 Å². The summed E-state index contributed by atoms with van der Waals surface area (Å²) in [5, 5.41) is 37.9. The SMILES string of the molecule is [C-]#[N+]/C(=C\c1ccc(C(=Cc2ccc3c(c2)Sc2cc(C=C(c4ccc(/C=C(\[N+]#[C-])C(=O)O)cc4)c4ccc(/C=C(\[N+]#[C-])C(=O)O)cc4)ccc2N3c2ccc(C)cc2)c2ccc(/C=C(\[N+]#[C-])C(=O)O)cc2)cc1)C(=O)O. The van der Waals surface area contributed by atoms with E-state index in [-0.39, 0.29) is 0 Å². The molecule has 0 fully saturated rings. The van der Waals surface area contributed by atoms with Gasteiger partial charge < -0.3 is 25.3 Å². The first kappa shape index (κ1) is 52.3. The lowest BCUT2D eigenvalue weighted by atomic mass is 9.93. The lowest BCUT2D eigenvalue weighted by Crippen LogP contribution is -2.15. The van der Waals surface area contributed by atoms with Crippen molar-refractivity contribution in [3.05, 3.63) is 287 Å². The molecular formula is C63H39N5O8S. The zero-order chi connectivity index (χ0) is 54.8. The topological polar surface area (TPSA) is 170 Å². The molecule has 77 heavy (non-hydrogen) atoms. The molecule has 1 heterocycles. The summed E-state index contributed by atoms with van der Waals surface area (Å²) in [6, 6.07) is 49.0. The molecule has 13 nitrogen and oxygen atoms in total. The normalized spacial score (nSPS) is 12.0. The summed E-state index contributed by atoms with van der Waals surface area (Å²) < 4.78 is 0. The predicted molar refractivity (Wildman–Crippen MR) is 299 cm³/mol. The minimum Gasteiger partial charge on any atom is -0.486 e. The largest absolute Gasteiger partial charge is 0.486 e. The van der Waals surface area contributed by atoms with Crippen LogP contribution in [0.25, 0.3) is 67.0 Å². The van der Waals surface area contributed by atoms with Crippen molar-refractivity contribution >= 4 is 100 Å². The van der Waals surface area contributed by atoms with E-state index in [9.17, 15) is 39.6 Å². The van der Waals surface area contributed by atoms with Gasteiger partial charge >= 0.3 is 23.9 Å². The Morgan fingerprint density at radius 1 is 0.390 bits per heavy atom. The van der Waals surface area contributed by atoms with E-state index in [1.165, 1.54) is 24.3 Å². The Kier molecular flexibility index (Phi) is 15.8. The van der Waals surface area contributed by atoms with Gasteiger partial charge in [0.25, 0.3) is 22.8 Å². The molecule has 8 rings (SSSR count). The van der Waals surface area contributed by atoms with Crippen LogP contribution in [0.5, 0.6) is 0 Å². The molecule has 1 aliphatic heterocycles. The highest BCUT2D eigenvalue weighted by molar-refractivity contribution is 7.99. The molecular weight excluding hydrogens is 987 g/mol. The van der Waals surface area contributed by atoms with E-state index < -0.39 is 46.7 Å². The lowest BCUT2D eigenvalue weighted by molar-refractivity contribution is -0.133. The molecule has 4 N–H and O–H groups in total. The quantitative estimate of drug-likeness (QED) is 0.0440. The Labute approximate surface area is 446 Å². The first-order valence-corrected chi connectivity index (χ1v) is 23.9. The van der Waals surface area contributed by atoms with E-state index in [1.807, 2.05) is 79.7 Å². The van der Waals surface area contributed by atoms with E-state index in [2.05, 4.69) is 72.8 Å². The fourth-order valence-electron chi connectivity index (χ4n) is 8.23. The molecule has 0 radical (unpaired) electrons. The Morgan fingerprint density at radius 2 is 0.662 bits per heavy atom. The smallest absolute Gasteiger partial charge is 0.333 e. The molecule has 0 saturated heterocycles. The van der Waals surface area contributed by atoms with Crippen LogP contribution in [0.2, 0.25) is 0 Å². The molecule has 0 aliphatic carbocycles. The maximum atomic E-state index is 11.6. The Hall–Kier alpha value is -11.0. The summed E-state index contributed by atoms with van der Waals surface area (Å²) in [6.07, 6.45) is 9.23. The van der Waals surface area contributed by atoms with Crippen LogP contribution < -0.4 is 4.90 Å². The average Bonchev–Trinajstić information content (AvgIpc) is 3.43. The second kappa shape index (κ2) is 23.2. The first-order chi connectivity index (χ1) is 37.1. The van der Waals surface area contributed by atoms with Crippen LogP contribution in [0.1, 0.15) is 61.2 Å². The molecule has 0 saturated carbocycles. The van der Waals surface area contributed by atoms with E-state index >= 15 is 0 Å². The molecule has 0 unspecified atom stereocenters. The van der Waals surface area contributed by atoms with Crippen molar-refractivity contribution in [3.8, 4) is 0 Å². The number of hydrogen-bond acceptors (Lipinski definition) is 6. The third kappa shape index (κ3) is 12.3. The van der Waals surface area contributed by atoms with Crippen LogP contribution >= 0.6 is 11.8 Å². The van der Waals surface area contributed by atoms with E-state index in [0.29, 0.717) is 22.3 Å². The van der Waals surface area contributed by atoms with Crippen LogP contribution in [0, 0.1) is 33.2 Å². The minimum atomic E-state index is -1.34. The summed E-state index contributed by atoms with van der Waals surface area (Å²) in [5.74, 6) is -5.34. The van der Waals surface area contributed by atoms with Gasteiger partial charge in [0.05, 0.1) is 37.7 Å². The second-order valence-corrected chi connectivity index (χ2v) is 18.2. The van der Waals surface area contributed by atoms with Gasteiger partial charge in [-0.25, -0.2) is 19.4 Å². The van der Waals surface area contributed by atoms with Crippen molar-refractivity contribution in [3.63, 3.8) is 0 Å². The van der Waals surface area contributed by atoms with Gasteiger partial charge in [-0.1, -0.05) is 139 Å². The molecule has 0 spiro atoms. The van der Waals surface area contributed by atoms with Gasteiger partial charge in [0.15, 0.2) is 0 Å². The van der Waals surface area contributed by atoms with Gasteiger partial charge in [-0.3, -0.25) is 19.2 Å². The van der Waals surface area contributed by atoms with Gasteiger partial charge in [0.2, 0.25) is 0 Å². The van der Waals surface area contributed by atoms with Gasteiger partial charge in [0.1, 0.15) is 0 Å². The van der Waals surface area contributed by atoms with Crippen LogP contribution in [0.15, 0.2) is 190 Å². The molecule has 7 aromatic carbocycles. The molecule has 0 atom stereocenters. The third-order valence-electron chi connectivity index (χ3n) is 12.0. The van der Waals surface area contributed by atoms with Crippen molar-refractivity contribution < 1.29 is 39.6 Å². The number of rotatable bonds is 15. The van der Waals surface area contributed by atoms with Crippen LogP contribution in [-0.2, 0) is 19.2 Å². The van der Waals surface area contributed by atoms with Crippen molar-refractivity contribution in [1.29, 1.82) is 0 Å². The highest BCUT2D eigenvalue weighted by atomic mass is 32.2. The molecule has 0 bridgehead atoms. The van der Waals surface area contributed by atoms with Gasteiger partial charge in [-0.2, -0.15) is 0 Å². The Balaban J connectivity index is 1.25. The summed E-state index contributed by atoms with van der Waals surface area (Å²) in [6.45, 7) is 31.2. The first-order valence-electron chi connectivity index (χ1n) is 23.1. The highest BCUT2D eigenvalue weighted by Gasteiger charge is 2.26. The third-order valence-corrected chi connectivity index (χ3v) is 13.1. The summed E-state index contributed by atoms with van der Waals surface area (Å²) in [4.78, 5) is 63.1. The Morgan fingerprint density at radius 3 is 0.922 bits per heavy atom. The maximum Gasteiger partial charge on any atom is 0.333 e. The summed E-state index contributed by atoms with van der Waals surface area (Å²) in [7, 11) is 0. The maximum absolute atomic E-state index is 11.6. The molecule has 1 aliphatic rings. The van der Waals surface area contributed by atoms with Gasteiger partial charge in [-0.05, 0) is 147 Å². The van der Waals surface area contributed by atoms with Crippen molar-refractivity contribution in [1.82, 2.24) is 0 Å². The number of carbonyl (C=O) groups is 4. The van der Waals surface area contributed by atoms with E-state index in [4.69, 9.17) is 26.3 Å². The fraction of sp³-hybridized carbons (Fsp3) is 0.0159. The van der Waals surface area contributed by atoms with E-state index in [1.54, 1.807) is 60.3 Å². The number of aliphatic carboxylic acids is 4. The number of carboxylic acid groups (broad SMARTS) is 4. The predicted octanol–water partition coefficient (Wildman–Crippen LogP) is 14.5. The summed E-state index contributed by atoms with van der Waals surface area (Å²) in [5.41, 5.74) is 10.5. The lowest BCUT2D eigenvalue weighted by Gasteiger charge is -2.33. The number of aryl methyl sites for hydroxylation is 1. The van der Waals surface area contributed by atoms with Crippen molar-refractivity contribution in [2.24, 2.45) is 0 Å². The van der Waals surface area contributed by atoms with Crippen LogP contribution in [-0.4, -0.2) is 44.3 Å². The number of nitrogens with zero attached hydrogens (tertiary/aromatic N) is 5. The van der Waals surface area contributed by atoms with Gasteiger partial charge in [0, 0.05) is 15.5 Å². The van der Waals surface area contributed by atoms with Crippen molar-refractivity contribution in [2.45, 2.75) is 16.7 Å². The highest BCUT2D eigenvalue weighted by Crippen LogP contribution is 2.52. The molecule has 0 aromatic heterocycles. The Bertz CT molecular complexity index is 3510. The zero-order valence-electron chi connectivity index (χ0n) is 40.5. The number of hydrogen-bond donors (Lipinski definition) is 4. The number of benzene rings is 7. The average molecular weight is 1030 g/mol. The molecule has 0 amide bonds. The number of carboxylic acids is 4. The number of fused-ring (bicyclic) bond motifs is 2. The monoisotopic (exact) mass is 1030 g/mol. The van der Waals surface area contributed by atoms with Crippen molar-refractivity contribution in [2.75, 3.05) is 4.90 Å². The van der Waals surface area contributed by atoms with E-state index in [0.717, 1.165) is 76.9 Å². The minimum absolute atomic E-state index is 0.429. The zero-order valence-corrected chi connectivity index (χ0v) is 41.4. The molecule has 370 valence electrons.